The summed E-state index contributed by atoms with van der Waals surface area (Å²) in [5.41, 5.74) is 1.09. The molecule has 138 valence electrons. The van der Waals surface area contributed by atoms with Gasteiger partial charge in [-0.3, -0.25) is 10.1 Å². The first-order chi connectivity index (χ1) is 13.0. The Kier molecular flexibility index (Phi) is 5.84. The van der Waals surface area contributed by atoms with E-state index in [0.29, 0.717) is 22.1 Å². The molecule has 2 aromatic carbocycles. The van der Waals surface area contributed by atoms with Crippen LogP contribution in [-0.2, 0) is 0 Å². The number of rotatable bonds is 5. The minimum absolute atomic E-state index is 0.00840. The quantitative estimate of drug-likeness (QED) is 0.594. The van der Waals surface area contributed by atoms with Crippen molar-refractivity contribution in [3.05, 3.63) is 59.2 Å². The second kappa shape index (κ2) is 8.47. The predicted molar refractivity (Wildman–Crippen MR) is 105 cm³/mol. The largest absolute Gasteiger partial charge is 0.497 e. The number of carbonyl (C=O) groups is 2. The van der Waals surface area contributed by atoms with E-state index >= 15 is 0 Å². The first kappa shape index (κ1) is 18.6. The molecule has 0 aliphatic heterocycles. The van der Waals surface area contributed by atoms with Crippen LogP contribution < -0.4 is 20.7 Å². The summed E-state index contributed by atoms with van der Waals surface area (Å²) in [6.07, 6.45) is 0. The minimum Gasteiger partial charge on any atom is -0.497 e. The van der Waals surface area contributed by atoms with Crippen LogP contribution in [0.2, 0.25) is 5.02 Å². The molecule has 3 amide bonds. The predicted octanol–water partition coefficient (Wildman–Crippen LogP) is 4.10. The van der Waals surface area contributed by atoms with Crippen LogP contribution in [0, 0.1) is 0 Å². The second-order valence-electron chi connectivity index (χ2n) is 5.22. The molecule has 3 rings (SSSR count). The van der Waals surface area contributed by atoms with Crippen molar-refractivity contribution >= 4 is 51.4 Å². The molecule has 0 unspecified atom stereocenters. The third-order valence-electron chi connectivity index (χ3n) is 3.36. The van der Waals surface area contributed by atoms with Crippen molar-refractivity contribution in [1.29, 1.82) is 0 Å². The molecule has 0 aliphatic rings. The SMILES string of the molecule is COc1cccc(NC(=O)c2nnsc2NC(=O)Nc2ccc(Cl)cc2)c1. The Morgan fingerprint density at radius 1 is 1.04 bits per heavy atom. The number of hydrogen-bond donors (Lipinski definition) is 3. The van der Waals surface area contributed by atoms with E-state index in [-0.39, 0.29) is 10.7 Å². The highest BCUT2D eigenvalue weighted by Gasteiger charge is 2.19. The highest BCUT2D eigenvalue weighted by Crippen LogP contribution is 2.22. The number of urea groups is 1. The number of hydrogen-bond acceptors (Lipinski definition) is 6. The number of halogens is 1. The lowest BCUT2D eigenvalue weighted by Crippen LogP contribution is -2.21. The highest BCUT2D eigenvalue weighted by molar-refractivity contribution is 7.10. The number of carbonyl (C=O) groups excluding carboxylic acids is 2. The van der Waals surface area contributed by atoms with Crippen LogP contribution >= 0.6 is 23.1 Å². The lowest BCUT2D eigenvalue weighted by atomic mass is 10.3. The third-order valence-corrected chi connectivity index (χ3v) is 4.25. The molecule has 3 N–H and O–H groups in total. The summed E-state index contributed by atoms with van der Waals surface area (Å²) in [6.45, 7) is 0. The summed E-state index contributed by atoms with van der Waals surface area (Å²) < 4.78 is 8.85. The van der Waals surface area contributed by atoms with Crippen molar-refractivity contribution in [2.24, 2.45) is 0 Å². The molecule has 0 aliphatic carbocycles. The molecule has 0 radical (unpaired) electrons. The average molecular weight is 404 g/mol. The molecular weight excluding hydrogens is 390 g/mol. The topological polar surface area (TPSA) is 105 Å². The smallest absolute Gasteiger partial charge is 0.324 e. The van der Waals surface area contributed by atoms with Gasteiger partial charge in [-0.2, -0.15) is 0 Å². The minimum atomic E-state index is -0.529. The standard InChI is InChI=1S/C17H14ClN5O3S/c1-26-13-4-2-3-12(9-13)19-15(24)14-16(27-23-22-14)21-17(25)20-11-7-5-10(18)6-8-11/h2-9H,1H3,(H,19,24)(H2,20,21,25). The number of nitrogens with zero attached hydrogens (tertiary/aromatic N) is 2. The summed E-state index contributed by atoms with van der Waals surface area (Å²) in [4.78, 5) is 24.6. The van der Waals surface area contributed by atoms with E-state index in [9.17, 15) is 9.59 Å². The van der Waals surface area contributed by atoms with Crippen molar-refractivity contribution < 1.29 is 14.3 Å². The summed E-state index contributed by atoms with van der Waals surface area (Å²) in [7, 11) is 1.53. The first-order valence-corrected chi connectivity index (χ1v) is 8.81. The van der Waals surface area contributed by atoms with Crippen LogP contribution in [0.3, 0.4) is 0 Å². The van der Waals surface area contributed by atoms with Crippen LogP contribution in [0.5, 0.6) is 5.75 Å². The Morgan fingerprint density at radius 3 is 2.56 bits per heavy atom. The van der Waals surface area contributed by atoms with Gasteiger partial charge in [-0.1, -0.05) is 22.2 Å². The summed E-state index contributed by atoms with van der Waals surface area (Å²) in [5, 5.41) is 12.5. The van der Waals surface area contributed by atoms with Gasteiger partial charge in [0.1, 0.15) is 5.75 Å². The maximum atomic E-state index is 12.4. The van der Waals surface area contributed by atoms with Gasteiger partial charge in [-0.25, -0.2) is 4.79 Å². The van der Waals surface area contributed by atoms with Gasteiger partial charge >= 0.3 is 6.03 Å². The van der Waals surface area contributed by atoms with E-state index in [4.69, 9.17) is 16.3 Å². The van der Waals surface area contributed by atoms with E-state index < -0.39 is 11.9 Å². The Bertz CT molecular complexity index is 961. The van der Waals surface area contributed by atoms with E-state index in [2.05, 4.69) is 25.5 Å². The van der Waals surface area contributed by atoms with Crippen LogP contribution in [0.25, 0.3) is 0 Å². The zero-order chi connectivity index (χ0) is 19.2. The lowest BCUT2D eigenvalue weighted by Gasteiger charge is -2.08. The fourth-order valence-corrected chi connectivity index (χ4v) is 2.80. The van der Waals surface area contributed by atoms with Crippen LogP contribution in [-0.4, -0.2) is 28.6 Å². The molecule has 0 bridgehead atoms. The van der Waals surface area contributed by atoms with Gasteiger partial charge in [-0.05, 0) is 36.4 Å². The number of aromatic nitrogens is 2. The molecule has 8 nitrogen and oxygen atoms in total. The summed E-state index contributed by atoms with van der Waals surface area (Å²) in [5.74, 6) is 0.101. The van der Waals surface area contributed by atoms with Crippen molar-refractivity contribution in [1.82, 2.24) is 9.59 Å². The molecule has 3 aromatic rings. The van der Waals surface area contributed by atoms with E-state index in [1.165, 1.54) is 7.11 Å². The molecular formula is C17H14ClN5O3S. The van der Waals surface area contributed by atoms with Crippen molar-refractivity contribution in [3.8, 4) is 5.75 Å². The average Bonchev–Trinajstić information content (AvgIpc) is 3.12. The van der Waals surface area contributed by atoms with E-state index in [1.807, 2.05) is 0 Å². The molecule has 1 heterocycles. The van der Waals surface area contributed by atoms with Gasteiger partial charge in [0.25, 0.3) is 5.91 Å². The lowest BCUT2D eigenvalue weighted by molar-refractivity contribution is 0.102. The van der Waals surface area contributed by atoms with Gasteiger partial charge in [0.05, 0.1) is 7.11 Å². The molecule has 10 heteroatoms. The zero-order valence-electron chi connectivity index (χ0n) is 14.0. The highest BCUT2D eigenvalue weighted by atomic mass is 35.5. The van der Waals surface area contributed by atoms with Crippen molar-refractivity contribution in [3.63, 3.8) is 0 Å². The number of amides is 3. The fourth-order valence-electron chi connectivity index (χ4n) is 2.11. The number of nitrogens with one attached hydrogen (secondary N) is 3. The van der Waals surface area contributed by atoms with Crippen LogP contribution in [0.1, 0.15) is 10.5 Å². The molecule has 0 saturated heterocycles. The van der Waals surface area contributed by atoms with Crippen LogP contribution in [0.4, 0.5) is 21.2 Å². The third kappa shape index (κ3) is 4.93. The molecule has 0 spiro atoms. The Morgan fingerprint density at radius 2 is 1.81 bits per heavy atom. The molecule has 27 heavy (non-hydrogen) atoms. The number of benzene rings is 2. The molecule has 0 fully saturated rings. The fraction of sp³-hybridized carbons (Fsp3) is 0.0588. The van der Waals surface area contributed by atoms with Crippen molar-refractivity contribution in [2.75, 3.05) is 23.1 Å². The number of ether oxygens (including phenoxy) is 1. The van der Waals surface area contributed by atoms with Gasteiger partial charge in [0.2, 0.25) is 0 Å². The van der Waals surface area contributed by atoms with Crippen LogP contribution in [0.15, 0.2) is 48.5 Å². The maximum Gasteiger partial charge on any atom is 0.324 e. The Hall–Kier alpha value is -3.17. The monoisotopic (exact) mass is 403 g/mol. The maximum absolute atomic E-state index is 12.4. The number of anilines is 3. The molecule has 0 saturated carbocycles. The van der Waals surface area contributed by atoms with Gasteiger partial charge in [0, 0.05) is 34.0 Å². The van der Waals surface area contributed by atoms with Gasteiger partial charge < -0.3 is 15.4 Å². The van der Waals surface area contributed by atoms with Gasteiger partial charge in [-0.15, -0.1) is 5.10 Å². The first-order valence-electron chi connectivity index (χ1n) is 7.66. The summed E-state index contributed by atoms with van der Waals surface area (Å²) in [6, 6.07) is 13.0. The number of methoxy groups -OCH3 is 1. The van der Waals surface area contributed by atoms with E-state index in [1.54, 1.807) is 48.5 Å². The van der Waals surface area contributed by atoms with Gasteiger partial charge in [0.15, 0.2) is 10.7 Å². The van der Waals surface area contributed by atoms with Crippen molar-refractivity contribution in [2.45, 2.75) is 0 Å². The normalized spacial score (nSPS) is 10.1. The second-order valence-corrected chi connectivity index (χ2v) is 6.41. The Balaban J connectivity index is 1.66. The van der Waals surface area contributed by atoms with E-state index in [0.717, 1.165) is 11.5 Å². The Labute approximate surface area is 163 Å². The summed E-state index contributed by atoms with van der Waals surface area (Å²) >= 11 is 6.71. The molecule has 1 aromatic heterocycles. The zero-order valence-corrected chi connectivity index (χ0v) is 15.6. The molecule has 0 atom stereocenters.